The Morgan fingerprint density at radius 3 is 2.15 bits per heavy atom. The molecule has 1 nitrogen and oxygen atoms in total. The van der Waals surface area contributed by atoms with Gasteiger partial charge in [0, 0.05) is 17.5 Å². The Morgan fingerprint density at radius 2 is 1.77 bits per heavy atom. The van der Waals surface area contributed by atoms with Crippen LogP contribution in [-0.4, -0.2) is 11.7 Å². The summed E-state index contributed by atoms with van der Waals surface area (Å²) < 4.78 is 25.0. The Kier molecular flexibility index (Phi) is 2.66. The lowest BCUT2D eigenvalue weighted by Gasteiger charge is -2.08. The lowest BCUT2D eigenvalue weighted by Crippen LogP contribution is -2.24. The van der Waals surface area contributed by atoms with Crippen molar-refractivity contribution in [1.82, 2.24) is 0 Å². The molecule has 70 valence electrons. The van der Waals surface area contributed by atoms with Crippen LogP contribution in [0.25, 0.3) is 0 Å². The molecule has 0 saturated carbocycles. The predicted octanol–water partition coefficient (Wildman–Crippen LogP) is 3.18. The van der Waals surface area contributed by atoms with E-state index < -0.39 is 11.7 Å². The zero-order valence-corrected chi connectivity index (χ0v) is 7.61. The van der Waals surface area contributed by atoms with Crippen LogP contribution in [-0.2, 0) is 0 Å². The summed E-state index contributed by atoms with van der Waals surface area (Å²) in [6.45, 7) is 0.573. The lowest BCUT2D eigenvalue weighted by molar-refractivity contribution is 0.0221. The minimum atomic E-state index is -3.33. The zero-order chi connectivity index (χ0) is 10.1. The van der Waals surface area contributed by atoms with Crippen LogP contribution in [0, 0.1) is 0 Å². The standard InChI is InChI=1S/C9H7ClF2O/c1-9(11,12)8(13)6-2-4-7(10)5-3-6/h2-5H,1H3. The summed E-state index contributed by atoms with van der Waals surface area (Å²) in [7, 11) is 0. The molecule has 0 aliphatic carbocycles. The molecule has 0 spiro atoms. The van der Waals surface area contributed by atoms with Crippen molar-refractivity contribution in [3.8, 4) is 0 Å². The van der Waals surface area contributed by atoms with Crippen molar-refractivity contribution in [2.24, 2.45) is 0 Å². The molecule has 0 bridgehead atoms. The summed E-state index contributed by atoms with van der Waals surface area (Å²) in [6, 6.07) is 5.37. The normalized spacial score (nSPS) is 11.4. The van der Waals surface area contributed by atoms with E-state index in [1.165, 1.54) is 24.3 Å². The van der Waals surface area contributed by atoms with Crippen molar-refractivity contribution in [2.75, 3.05) is 0 Å². The van der Waals surface area contributed by atoms with Gasteiger partial charge in [-0.1, -0.05) is 11.6 Å². The SMILES string of the molecule is CC(F)(F)C(=O)c1ccc(Cl)cc1. The number of hydrogen-bond donors (Lipinski definition) is 0. The molecule has 0 heterocycles. The van der Waals surface area contributed by atoms with E-state index in [-0.39, 0.29) is 5.56 Å². The third-order valence-electron chi connectivity index (χ3n) is 1.51. The Labute approximate surface area is 79.3 Å². The van der Waals surface area contributed by atoms with Crippen LogP contribution >= 0.6 is 11.6 Å². The summed E-state index contributed by atoms with van der Waals surface area (Å²) in [6.07, 6.45) is 0. The molecule has 0 N–H and O–H groups in total. The molecule has 1 rings (SSSR count). The van der Waals surface area contributed by atoms with E-state index in [4.69, 9.17) is 11.6 Å². The van der Waals surface area contributed by atoms with Gasteiger partial charge in [0.05, 0.1) is 0 Å². The first-order valence-electron chi connectivity index (χ1n) is 3.59. The molecule has 0 aromatic heterocycles. The summed E-state index contributed by atoms with van der Waals surface area (Å²) in [5.41, 5.74) is -0.0306. The fraction of sp³-hybridized carbons (Fsp3) is 0.222. The van der Waals surface area contributed by atoms with E-state index in [1.807, 2.05) is 0 Å². The summed E-state index contributed by atoms with van der Waals surface area (Å²) in [4.78, 5) is 11.0. The van der Waals surface area contributed by atoms with Gasteiger partial charge in [0.25, 0.3) is 0 Å². The fourth-order valence-electron chi connectivity index (χ4n) is 0.855. The minimum absolute atomic E-state index is 0.0306. The van der Waals surface area contributed by atoms with Crippen molar-refractivity contribution >= 4 is 17.4 Å². The number of rotatable bonds is 2. The van der Waals surface area contributed by atoms with Gasteiger partial charge in [-0.25, -0.2) is 0 Å². The Hall–Kier alpha value is -0.960. The highest BCUT2D eigenvalue weighted by Crippen LogP contribution is 2.20. The Bertz CT molecular complexity index is 313. The van der Waals surface area contributed by atoms with E-state index in [2.05, 4.69) is 0 Å². The van der Waals surface area contributed by atoms with Crippen LogP contribution in [0.4, 0.5) is 8.78 Å². The monoisotopic (exact) mass is 204 g/mol. The van der Waals surface area contributed by atoms with E-state index in [1.54, 1.807) is 0 Å². The highest BCUT2D eigenvalue weighted by atomic mass is 35.5. The first-order chi connectivity index (χ1) is 5.91. The van der Waals surface area contributed by atoms with E-state index in [0.717, 1.165) is 0 Å². The summed E-state index contributed by atoms with van der Waals surface area (Å²) in [5.74, 6) is -4.52. The molecular formula is C9H7ClF2O. The van der Waals surface area contributed by atoms with Gasteiger partial charge in [0.15, 0.2) is 0 Å². The van der Waals surface area contributed by atoms with Crippen LogP contribution in [0.5, 0.6) is 0 Å². The number of ketones is 1. The van der Waals surface area contributed by atoms with Crippen LogP contribution < -0.4 is 0 Å². The largest absolute Gasteiger partial charge is 0.307 e. The molecule has 1 aromatic rings. The third-order valence-corrected chi connectivity index (χ3v) is 1.76. The van der Waals surface area contributed by atoms with Gasteiger partial charge in [-0.2, -0.15) is 8.78 Å². The minimum Gasteiger partial charge on any atom is -0.287 e. The second-order valence-electron chi connectivity index (χ2n) is 2.72. The number of benzene rings is 1. The smallest absolute Gasteiger partial charge is 0.287 e. The van der Waals surface area contributed by atoms with E-state index >= 15 is 0 Å². The van der Waals surface area contributed by atoms with Crippen LogP contribution in [0.15, 0.2) is 24.3 Å². The number of carbonyl (C=O) groups is 1. The molecule has 1 aromatic carbocycles. The van der Waals surface area contributed by atoms with Crippen LogP contribution in [0.3, 0.4) is 0 Å². The lowest BCUT2D eigenvalue weighted by atomic mass is 10.1. The average molecular weight is 205 g/mol. The number of alkyl halides is 2. The highest BCUT2D eigenvalue weighted by molar-refractivity contribution is 6.30. The number of carbonyl (C=O) groups excluding carboxylic acids is 1. The van der Waals surface area contributed by atoms with Gasteiger partial charge in [-0.05, 0) is 24.3 Å². The van der Waals surface area contributed by atoms with Gasteiger partial charge < -0.3 is 0 Å². The first kappa shape index (κ1) is 10.1. The zero-order valence-electron chi connectivity index (χ0n) is 6.85. The predicted molar refractivity (Wildman–Crippen MR) is 46.4 cm³/mol. The average Bonchev–Trinajstić information content (AvgIpc) is 2.03. The van der Waals surface area contributed by atoms with Crippen molar-refractivity contribution in [1.29, 1.82) is 0 Å². The number of Topliss-reactive ketones (excluding diaryl/α,β-unsaturated/α-hetero) is 1. The maximum Gasteiger partial charge on any atom is 0.307 e. The molecule has 0 saturated heterocycles. The van der Waals surface area contributed by atoms with Crippen molar-refractivity contribution in [3.63, 3.8) is 0 Å². The molecule has 0 aliphatic rings. The van der Waals surface area contributed by atoms with Crippen molar-refractivity contribution in [2.45, 2.75) is 12.8 Å². The quantitative estimate of drug-likeness (QED) is 0.677. The topological polar surface area (TPSA) is 17.1 Å². The van der Waals surface area contributed by atoms with Crippen LogP contribution in [0.2, 0.25) is 5.02 Å². The maximum absolute atomic E-state index is 12.5. The van der Waals surface area contributed by atoms with Crippen molar-refractivity contribution < 1.29 is 13.6 Å². The van der Waals surface area contributed by atoms with Crippen LogP contribution in [0.1, 0.15) is 17.3 Å². The molecule has 0 atom stereocenters. The van der Waals surface area contributed by atoms with Gasteiger partial charge >= 0.3 is 5.92 Å². The molecule has 0 fully saturated rings. The van der Waals surface area contributed by atoms with Gasteiger partial charge in [0.1, 0.15) is 0 Å². The van der Waals surface area contributed by atoms with E-state index in [0.29, 0.717) is 11.9 Å². The molecule has 0 radical (unpaired) electrons. The Morgan fingerprint density at radius 1 is 1.31 bits per heavy atom. The maximum atomic E-state index is 12.5. The van der Waals surface area contributed by atoms with Gasteiger partial charge in [-0.15, -0.1) is 0 Å². The number of hydrogen-bond acceptors (Lipinski definition) is 1. The third kappa shape index (κ3) is 2.49. The Balaban J connectivity index is 2.97. The molecule has 4 heteroatoms. The second kappa shape index (κ2) is 3.42. The van der Waals surface area contributed by atoms with Crippen molar-refractivity contribution in [3.05, 3.63) is 34.9 Å². The highest BCUT2D eigenvalue weighted by Gasteiger charge is 2.32. The summed E-state index contributed by atoms with van der Waals surface area (Å²) >= 11 is 5.53. The molecular weight excluding hydrogens is 198 g/mol. The fourth-order valence-corrected chi connectivity index (χ4v) is 0.981. The molecule has 0 amide bonds. The molecule has 13 heavy (non-hydrogen) atoms. The molecule has 0 aliphatic heterocycles. The molecule has 0 unspecified atom stereocenters. The first-order valence-corrected chi connectivity index (χ1v) is 3.97. The van der Waals surface area contributed by atoms with E-state index in [9.17, 15) is 13.6 Å². The van der Waals surface area contributed by atoms with Gasteiger partial charge in [-0.3, -0.25) is 4.79 Å². The van der Waals surface area contributed by atoms with Gasteiger partial charge in [0.2, 0.25) is 5.78 Å². The second-order valence-corrected chi connectivity index (χ2v) is 3.16. The summed E-state index contributed by atoms with van der Waals surface area (Å²) in [5, 5.41) is 0.413. The number of halogens is 3.